The standard InChI is InChI=1S/C17H24N4O2/c1-11-2-5-16(20-19-11)21-8-6-15-14(10-21)13(7-9-23-15)17(22)18-12-3-4-12/h2,5,12-15H,3-4,6-10H2,1H3,(H,18,22)/t13-,14-,15-/m0/s1. The molecule has 3 atom stereocenters. The molecule has 0 aromatic carbocycles. The second kappa shape index (κ2) is 6.07. The molecule has 3 fully saturated rings. The summed E-state index contributed by atoms with van der Waals surface area (Å²) in [6.07, 6.45) is 4.25. The molecule has 3 heterocycles. The lowest BCUT2D eigenvalue weighted by atomic mass is 9.79. The number of nitrogens with one attached hydrogen (secondary N) is 1. The van der Waals surface area contributed by atoms with Crippen molar-refractivity contribution in [2.24, 2.45) is 11.8 Å². The molecule has 0 spiro atoms. The van der Waals surface area contributed by atoms with E-state index in [4.69, 9.17) is 4.74 Å². The zero-order valence-corrected chi connectivity index (χ0v) is 13.6. The van der Waals surface area contributed by atoms with E-state index in [1.54, 1.807) is 0 Å². The Bertz CT molecular complexity index is 572. The minimum absolute atomic E-state index is 0.0653. The number of anilines is 1. The molecule has 2 aliphatic heterocycles. The van der Waals surface area contributed by atoms with Crippen molar-refractivity contribution in [3.05, 3.63) is 17.8 Å². The zero-order chi connectivity index (χ0) is 15.8. The van der Waals surface area contributed by atoms with Crippen LogP contribution in [0.3, 0.4) is 0 Å². The van der Waals surface area contributed by atoms with Crippen LogP contribution in [0.4, 0.5) is 5.82 Å². The Hall–Kier alpha value is -1.69. The number of aromatic nitrogens is 2. The molecular formula is C17H24N4O2. The van der Waals surface area contributed by atoms with Crippen molar-refractivity contribution < 1.29 is 9.53 Å². The van der Waals surface area contributed by atoms with E-state index in [9.17, 15) is 4.79 Å². The fraction of sp³-hybridized carbons (Fsp3) is 0.706. The summed E-state index contributed by atoms with van der Waals surface area (Å²) in [4.78, 5) is 14.8. The van der Waals surface area contributed by atoms with E-state index in [1.165, 1.54) is 0 Å². The summed E-state index contributed by atoms with van der Waals surface area (Å²) in [6.45, 7) is 4.38. The fourth-order valence-electron chi connectivity index (χ4n) is 3.74. The SMILES string of the molecule is Cc1ccc(N2CC[C@@H]3OCC[C@H](C(=O)NC4CC4)[C@@H]3C2)nn1. The van der Waals surface area contributed by atoms with Gasteiger partial charge in [-0.05, 0) is 44.7 Å². The maximum absolute atomic E-state index is 12.6. The van der Waals surface area contributed by atoms with Gasteiger partial charge in [0.2, 0.25) is 5.91 Å². The molecule has 0 unspecified atom stereocenters. The lowest BCUT2D eigenvalue weighted by Gasteiger charge is -2.44. The molecule has 2 saturated heterocycles. The molecule has 3 aliphatic rings. The molecule has 1 aliphatic carbocycles. The topological polar surface area (TPSA) is 67.3 Å². The van der Waals surface area contributed by atoms with Gasteiger partial charge < -0.3 is 15.0 Å². The van der Waals surface area contributed by atoms with Crippen LogP contribution in [-0.4, -0.2) is 47.9 Å². The van der Waals surface area contributed by atoms with Gasteiger partial charge in [0.15, 0.2) is 5.82 Å². The second-order valence-electron chi connectivity index (χ2n) is 7.02. The van der Waals surface area contributed by atoms with Gasteiger partial charge in [0.05, 0.1) is 11.8 Å². The van der Waals surface area contributed by atoms with Crippen molar-refractivity contribution in [1.82, 2.24) is 15.5 Å². The van der Waals surface area contributed by atoms with E-state index in [0.29, 0.717) is 12.6 Å². The molecule has 1 aromatic heterocycles. The average Bonchev–Trinajstić information content (AvgIpc) is 3.38. The Balaban J connectivity index is 1.48. The van der Waals surface area contributed by atoms with Crippen LogP contribution < -0.4 is 10.2 Å². The summed E-state index contributed by atoms with van der Waals surface area (Å²) in [5.74, 6) is 1.44. The largest absolute Gasteiger partial charge is 0.378 e. The van der Waals surface area contributed by atoms with Gasteiger partial charge in [0.25, 0.3) is 0 Å². The summed E-state index contributed by atoms with van der Waals surface area (Å²) >= 11 is 0. The number of fused-ring (bicyclic) bond motifs is 1. The van der Waals surface area contributed by atoms with Gasteiger partial charge >= 0.3 is 0 Å². The molecule has 1 saturated carbocycles. The zero-order valence-electron chi connectivity index (χ0n) is 13.6. The lowest BCUT2D eigenvalue weighted by molar-refractivity contribution is -0.137. The van der Waals surface area contributed by atoms with Crippen LogP contribution in [-0.2, 0) is 9.53 Å². The predicted molar refractivity (Wildman–Crippen MR) is 86.1 cm³/mol. The Labute approximate surface area is 136 Å². The molecule has 1 N–H and O–H groups in total. The molecule has 6 nitrogen and oxygen atoms in total. The highest BCUT2D eigenvalue weighted by Gasteiger charge is 2.42. The second-order valence-corrected chi connectivity index (χ2v) is 7.02. The van der Waals surface area contributed by atoms with Crippen molar-refractivity contribution in [2.75, 3.05) is 24.6 Å². The number of nitrogens with zero attached hydrogens (tertiary/aromatic N) is 3. The number of ether oxygens (including phenoxy) is 1. The number of carbonyl (C=O) groups excluding carboxylic acids is 1. The van der Waals surface area contributed by atoms with Crippen molar-refractivity contribution in [1.29, 1.82) is 0 Å². The van der Waals surface area contributed by atoms with Gasteiger partial charge in [-0.3, -0.25) is 4.79 Å². The number of piperidine rings is 1. The third kappa shape index (κ3) is 3.17. The van der Waals surface area contributed by atoms with Crippen LogP contribution in [0.25, 0.3) is 0 Å². The number of amides is 1. The summed E-state index contributed by atoms with van der Waals surface area (Å²) in [6, 6.07) is 4.43. The van der Waals surface area contributed by atoms with E-state index in [-0.39, 0.29) is 23.8 Å². The highest BCUT2D eigenvalue weighted by atomic mass is 16.5. The first-order valence-electron chi connectivity index (χ1n) is 8.68. The number of hydrogen-bond acceptors (Lipinski definition) is 5. The third-order valence-electron chi connectivity index (χ3n) is 5.24. The van der Waals surface area contributed by atoms with Gasteiger partial charge in [-0.2, -0.15) is 5.10 Å². The quantitative estimate of drug-likeness (QED) is 0.910. The van der Waals surface area contributed by atoms with E-state index in [2.05, 4.69) is 20.4 Å². The molecule has 4 rings (SSSR count). The van der Waals surface area contributed by atoms with Crippen molar-refractivity contribution >= 4 is 11.7 Å². The first-order valence-corrected chi connectivity index (χ1v) is 8.68. The minimum atomic E-state index is 0.0653. The van der Waals surface area contributed by atoms with Crippen LogP contribution >= 0.6 is 0 Å². The maximum Gasteiger partial charge on any atom is 0.223 e. The number of aryl methyl sites for hydroxylation is 1. The molecule has 0 bridgehead atoms. The average molecular weight is 316 g/mol. The molecular weight excluding hydrogens is 292 g/mol. The van der Waals surface area contributed by atoms with Crippen LogP contribution in [0.1, 0.15) is 31.4 Å². The minimum Gasteiger partial charge on any atom is -0.378 e. The Kier molecular flexibility index (Phi) is 3.93. The van der Waals surface area contributed by atoms with Crippen LogP contribution in [0, 0.1) is 18.8 Å². The van der Waals surface area contributed by atoms with Gasteiger partial charge in [0, 0.05) is 37.6 Å². The molecule has 23 heavy (non-hydrogen) atoms. The number of carbonyl (C=O) groups is 1. The molecule has 124 valence electrons. The van der Waals surface area contributed by atoms with Crippen molar-refractivity contribution in [3.63, 3.8) is 0 Å². The number of rotatable bonds is 3. The van der Waals surface area contributed by atoms with E-state index in [1.807, 2.05) is 19.1 Å². The molecule has 0 radical (unpaired) electrons. The summed E-state index contributed by atoms with van der Waals surface area (Å²) in [7, 11) is 0. The number of hydrogen-bond donors (Lipinski definition) is 1. The van der Waals surface area contributed by atoms with Crippen LogP contribution in [0.5, 0.6) is 0 Å². The van der Waals surface area contributed by atoms with E-state index < -0.39 is 0 Å². The molecule has 1 aromatic rings. The first kappa shape index (κ1) is 14.9. The predicted octanol–water partition coefficient (Wildman–Crippen LogP) is 1.30. The summed E-state index contributed by atoms with van der Waals surface area (Å²) in [5.41, 5.74) is 0.923. The Morgan fingerprint density at radius 3 is 2.87 bits per heavy atom. The highest BCUT2D eigenvalue weighted by molar-refractivity contribution is 5.80. The normalized spacial score (nSPS) is 30.7. The van der Waals surface area contributed by atoms with Crippen molar-refractivity contribution in [3.8, 4) is 0 Å². The van der Waals surface area contributed by atoms with Gasteiger partial charge in [0.1, 0.15) is 0 Å². The third-order valence-corrected chi connectivity index (χ3v) is 5.24. The Morgan fingerprint density at radius 2 is 2.13 bits per heavy atom. The maximum atomic E-state index is 12.6. The summed E-state index contributed by atoms with van der Waals surface area (Å²) < 4.78 is 5.94. The van der Waals surface area contributed by atoms with Crippen LogP contribution in [0.15, 0.2) is 12.1 Å². The lowest BCUT2D eigenvalue weighted by Crippen LogP contribution is -2.53. The van der Waals surface area contributed by atoms with Gasteiger partial charge in [-0.1, -0.05) is 0 Å². The first-order chi connectivity index (χ1) is 11.2. The van der Waals surface area contributed by atoms with E-state index in [0.717, 1.165) is 50.3 Å². The smallest absolute Gasteiger partial charge is 0.223 e. The van der Waals surface area contributed by atoms with Gasteiger partial charge in [-0.15, -0.1) is 5.10 Å². The molecule has 6 heteroatoms. The van der Waals surface area contributed by atoms with E-state index >= 15 is 0 Å². The van der Waals surface area contributed by atoms with Crippen LogP contribution in [0.2, 0.25) is 0 Å². The van der Waals surface area contributed by atoms with Gasteiger partial charge in [-0.25, -0.2) is 0 Å². The molecule has 1 amide bonds. The highest BCUT2D eigenvalue weighted by Crippen LogP contribution is 2.35. The summed E-state index contributed by atoms with van der Waals surface area (Å²) in [5, 5.41) is 11.6. The fourth-order valence-corrected chi connectivity index (χ4v) is 3.74. The Morgan fingerprint density at radius 1 is 1.26 bits per heavy atom. The van der Waals surface area contributed by atoms with Crippen molar-refractivity contribution in [2.45, 2.75) is 44.8 Å². The monoisotopic (exact) mass is 316 g/mol.